The van der Waals surface area contributed by atoms with Gasteiger partial charge in [0, 0.05) is 12.3 Å². The Labute approximate surface area is 129 Å². The van der Waals surface area contributed by atoms with Crippen molar-refractivity contribution >= 4 is 11.6 Å². The summed E-state index contributed by atoms with van der Waals surface area (Å²) in [5.41, 5.74) is -1.39. The van der Waals surface area contributed by atoms with E-state index in [2.05, 4.69) is 0 Å². The average Bonchev–Trinajstić information content (AvgIpc) is 2.97. The summed E-state index contributed by atoms with van der Waals surface area (Å²) in [6.07, 6.45) is 1.58. The van der Waals surface area contributed by atoms with Crippen molar-refractivity contribution in [2.45, 2.75) is 63.3 Å². The Balaban J connectivity index is 1.83. The highest BCUT2D eigenvalue weighted by atomic mass is 16.5. The van der Waals surface area contributed by atoms with Crippen LogP contribution in [-0.4, -0.2) is 45.7 Å². The molecule has 1 saturated heterocycles. The fourth-order valence-corrected chi connectivity index (χ4v) is 5.17. The molecule has 2 N–H and O–H groups in total. The summed E-state index contributed by atoms with van der Waals surface area (Å²) in [6.45, 7) is 3.65. The topological polar surface area (TPSA) is 83.8 Å². The molecular weight excluding hydrogens is 284 g/mol. The molecule has 2 bridgehead atoms. The molecule has 4 aliphatic rings. The first-order chi connectivity index (χ1) is 10.2. The van der Waals surface area contributed by atoms with Gasteiger partial charge in [0.15, 0.2) is 11.6 Å². The minimum atomic E-state index is -1.53. The highest BCUT2D eigenvalue weighted by Gasteiger charge is 2.67. The van der Waals surface area contributed by atoms with Gasteiger partial charge in [0.1, 0.15) is 11.7 Å². The van der Waals surface area contributed by atoms with Crippen molar-refractivity contribution in [3.63, 3.8) is 0 Å². The Bertz CT molecular complexity index is 619. The van der Waals surface area contributed by atoms with Gasteiger partial charge in [-0.15, -0.1) is 0 Å². The highest BCUT2D eigenvalue weighted by molar-refractivity contribution is 6.15. The molecule has 2 saturated carbocycles. The van der Waals surface area contributed by atoms with Gasteiger partial charge in [-0.3, -0.25) is 9.59 Å². The molecule has 1 heterocycles. The summed E-state index contributed by atoms with van der Waals surface area (Å²) < 4.78 is 5.39. The van der Waals surface area contributed by atoms with Crippen LogP contribution in [0.5, 0.6) is 0 Å². The molecule has 0 aromatic heterocycles. The molecule has 0 radical (unpaired) electrons. The van der Waals surface area contributed by atoms with Gasteiger partial charge in [-0.2, -0.15) is 0 Å². The van der Waals surface area contributed by atoms with Crippen LogP contribution in [0, 0.1) is 11.3 Å². The molecule has 5 nitrogen and oxygen atoms in total. The Kier molecular flexibility index (Phi) is 2.69. The molecule has 0 unspecified atom stereocenters. The van der Waals surface area contributed by atoms with Crippen LogP contribution in [0.2, 0.25) is 0 Å². The van der Waals surface area contributed by atoms with Crippen molar-refractivity contribution in [2.24, 2.45) is 11.3 Å². The lowest BCUT2D eigenvalue weighted by atomic mass is 9.56. The molecule has 120 valence electrons. The number of fused-ring (bicyclic) bond motifs is 3. The third-order valence-corrected chi connectivity index (χ3v) is 6.41. The summed E-state index contributed by atoms with van der Waals surface area (Å²) in [5, 5.41) is 21.2. The monoisotopic (exact) mass is 306 g/mol. The summed E-state index contributed by atoms with van der Waals surface area (Å²) in [4.78, 5) is 25.9. The molecule has 0 amide bonds. The second kappa shape index (κ2) is 4.08. The van der Waals surface area contributed by atoms with Crippen LogP contribution in [0.4, 0.5) is 0 Å². The number of Topliss-reactive ketones (excluding diaryl/α,β-unsaturated/α-hetero) is 2. The zero-order valence-corrected chi connectivity index (χ0v) is 13.0. The van der Waals surface area contributed by atoms with Gasteiger partial charge in [0.2, 0.25) is 0 Å². The van der Waals surface area contributed by atoms with Crippen molar-refractivity contribution in [1.82, 2.24) is 0 Å². The van der Waals surface area contributed by atoms with Crippen molar-refractivity contribution < 1.29 is 24.5 Å². The quantitative estimate of drug-likeness (QED) is 0.513. The first-order valence-corrected chi connectivity index (χ1v) is 8.04. The molecule has 1 aliphatic heterocycles. The van der Waals surface area contributed by atoms with Gasteiger partial charge in [0.25, 0.3) is 0 Å². The van der Waals surface area contributed by atoms with E-state index in [0.717, 1.165) is 12.0 Å². The summed E-state index contributed by atoms with van der Waals surface area (Å²) >= 11 is 0. The second-order valence-electron chi connectivity index (χ2n) is 7.91. The van der Waals surface area contributed by atoms with Gasteiger partial charge in [-0.05, 0) is 39.5 Å². The molecular formula is C17H22O5. The Hall–Kier alpha value is -1.04. The molecule has 4 rings (SSSR count). The zero-order chi connectivity index (χ0) is 15.9. The molecule has 0 aromatic carbocycles. The van der Waals surface area contributed by atoms with Gasteiger partial charge >= 0.3 is 0 Å². The van der Waals surface area contributed by atoms with Crippen molar-refractivity contribution in [1.29, 1.82) is 0 Å². The van der Waals surface area contributed by atoms with Gasteiger partial charge < -0.3 is 14.9 Å². The number of ketones is 2. The predicted octanol–water partition coefficient (Wildman–Crippen LogP) is 0.916. The normalized spacial score (nSPS) is 50.9. The van der Waals surface area contributed by atoms with Crippen LogP contribution in [0.3, 0.4) is 0 Å². The molecule has 5 heteroatoms. The summed E-state index contributed by atoms with van der Waals surface area (Å²) in [6, 6.07) is 0. The van der Waals surface area contributed by atoms with E-state index < -0.39 is 22.7 Å². The van der Waals surface area contributed by atoms with E-state index in [9.17, 15) is 19.8 Å². The fraction of sp³-hybridized carbons (Fsp3) is 0.765. The van der Waals surface area contributed by atoms with Crippen LogP contribution in [-0.2, 0) is 14.3 Å². The summed E-state index contributed by atoms with van der Waals surface area (Å²) in [7, 11) is 0. The maximum Gasteiger partial charge on any atom is 0.180 e. The largest absolute Gasteiger partial charge is 0.390 e. The molecule has 0 aromatic rings. The molecule has 5 atom stereocenters. The zero-order valence-electron chi connectivity index (χ0n) is 13.0. The second-order valence-corrected chi connectivity index (χ2v) is 7.91. The highest BCUT2D eigenvalue weighted by Crippen LogP contribution is 2.57. The van der Waals surface area contributed by atoms with E-state index in [1.165, 1.54) is 5.57 Å². The minimum Gasteiger partial charge on any atom is -0.390 e. The molecule has 3 fully saturated rings. The lowest BCUT2D eigenvalue weighted by molar-refractivity contribution is -0.161. The van der Waals surface area contributed by atoms with Crippen molar-refractivity contribution in [3.05, 3.63) is 11.1 Å². The number of hydrogen-bond acceptors (Lipinski definition) is 5. The molecule has 22 heavy (non-hydrogen) atoms. The number of aliphatic hydroxyl groups is 2. The van der Waals surface area contributed by atoms with Gasteiger partial charge in [0.05, 0.1) is 17.6 Å². The van der Waals surface area contributed by atoms with Crippen LogP contribution in [0.25, 0.3) is 0 Å². The van der Waals surface area contributed by atoms with E-state index in [1.54, 1.807) is 6.92 Å². The summed E-state index contributed by atoms with van der Waals surface area (Å²) in [5.74, 6) is -0.754. The number of allylic oxidation sites excluding steroid dienone is 1. The molecule has 1 spiro atoms. The lowest BCUT2D eigenvalue weighted by Gasteiger charge is -2.46. The fourth-order valence-electron chi connectivity index (χ4n) is 5.17. The van der Waals surface area contributed by atoms with Crippen LogP contribution >= 0.6 is 0 Å². The van der Waals surface area contributed by atoms with Crippen molar-refractivity contribution in [3.8, 4) is 0 Å². The number of hydrogen-bond donors (Lipinski definition) is 2. The maximum absolute atomic E-state index is 13.0. The smallest absolute Gasteiger partial charge is 0.180 e. The minimum absolute atomic E-state index is 0.0827. The lowest BCUT2D eigenvalue weighted by Crippen LogP contribution is -2.60. The standard InChI is InChI=1S/C17H22O5/c1-9-5-16(6-11-10(9)3-4-15(11,2)20)13(18)12-7-17(21,8-22-12)14(16)19/h11-12,20-21H,3-8H2,1-2H3/t11-,12+,15+,16+,17-/m0/s1. The van der Waals surface area contributed by atoms with E-state index in [0.29, 0.717) is 19.3 Å². The van der Waals surface area contributed by atoms with E-state index in [4.69, 9.17) is 4.74 Å². The van der Waals surface area contributed by atoms with E-state index >= 15 is 0 Å². The Morgan fingerprint density at radius 3 is 2.68 bits per heavy atom. The number of carbonyl (C=O) groups is 2. The SMILES string of the molecule is CC1=C2CC[C@@](C)(O)[C@H]2C[C@]2(C1)C(=O)[C@H]1C[C@](O)(CO1)C2=O. The average molecular weight is 306 g/mol. The van der Waals surface area contributed by atoms with E-state index in [1.807, 2.05) is 6.92 Å². The Morgan fingerprint density at radius 2 is 1.95 bits per heavy atom. The van der Waals surface area contributed by atoms with Crippen LogP contribution < -0.4 is 0 Å². The van der Waals surface area contributed by atoms with Gasteiger partial charge in [-0.1, -0.05) is 11.1 Å². The molecule has 3 aliphatic carbocycles. The van der Waals surface area contributed by atoms with Gasteiger partial charge in [-0.25, -0.2) is 0 Å². The number of ether oxygens (including phenoxy) is 1. The maximum atomic E-state index is 13.0. The first-order valence-electron chi connectivity index (χ1n) is 8.04. The predicted molar refractivity (Wildman–Crippen MR) is 77.0 cm³/mol. The van der Waals surface area contributed by atoms with Crippen LogP contribution in [0.1, 0.15) is 46.0 Å². The van der Waals surface area contributed by atoms with E-state index in [-0.39, 0.29) is 30.5 Å². The Morgan fingerprint density at radius 1 is 1.23 bits per heavy atom. The first kappa shape index (κ1) is 14.5. The third-order valence-electron chi connectivity index (χ3n) is 6.41. The van der Waals surface area contributed by atoms with Crippen LogP contribution in [0.15, 0.2) is 11.1 Å². The number of carbonyl (C=O) groups excluding carboxylic acids is 2. The van der Waals surface area contributed by atoms with Crippen molar-refractivity contribution in [2.75, 3.05) is 6.61 Å². The third kappa shape index (κ3) is 1.59. The number of rotatable bonds is 0.